The molecule has 162 valence electrons. The summed E-state index contributed by atoms with van der Waals surface area (Å²) in [5.41, 5.74) is 1.30. The number of halogens is 3. The van der Waals surface area contributed by atoms with E-state index in [9.17, 15) is 17.6 Å². The molecule has 0 unspecified atom stereocenters. The van der Waals surface area contributed by atoms with E-state index in [-0.39, 0.29) is 18.1 Å². The molecule has 2 amide bonds. The molecular weight excluding hydrogens is 454 g/mol. The van der Waals surface area contributed by atoms with Crippen molar-refractivity contribution < 1.29 is 17.6 Å². The third kappa shape index (κ3) is 5.98. The Balaban J connectivity index is 1.44. The predicted octanol–water partition coefficient (Wildman–Crippen LogP) is 3.41. The van der Waals surface area contributed by atoms with E-state index >= 15 is 0 Å². The van der Waals surface area contributed by atoms with Gasteiger partial charge in [-0.3, -0.25) is 0 Å². The molecule has 7 nitrogen and oxygen atoms in total. The van der Waals surface area contributed by atoms with Gasteiger partial charge in [0.1, 0.15) is 5.82 Å². The zero-order valence-electron chi connectivity index (χ0n) is 15.9. The smallest absolute Gasteiger partial charge is 0.319 e. The van der Waals surface area contributed by atoms with E-state index in [1.165, 1.54) is 22.5 Å². The Morgan fingerprint density at radius 2 is 1.67 bits per heavy atom. The monoisotopic (exact) mass is 474 g/mol. The lowest BCUT2D eigenvalue weighted by atomic mass is 10.2. The summed E-state index contributed by atoms with van der Waals surface area (Å²) in [4.78, 5) is 14.0. The van der Waals surface area contributed by atoms with Crippen molar-refractivity contribution in [1.29, 1.82) is 0 Å². The van der Waals surface area contributed by atoms with Crippen molar-refractivity contribution in [3.05, 3.63) is 58.3 Å². The van der Waals surface area contributed by atoms with E-state index in [4.69, 9.17) is 23.2 Å². The number of carbonyl (C=O) groups excluding carboxylic acids is 1. The van der Waals surface area contributed by atoms with Crippen LogP contribution in [-0.2, 0) is 10.0 Å². The second-order valence-electron chi connectivity index (χ2n) is 6.69. The molecule has 1 heterocycles. The van der Waals surface area contributed by atoms with Crippen molar-refractivity contribution >= 4 is 50.6 Å². The fourth-order valence-electron chi connectivity index (χ4n) is 3.05. The molecule has 0 atom stereocenters. The van der Waals surface area contributed by atoms with Gasteiger partial charge in [0.2, 0.25) is 10.0 Å². The zero-order chi connectivity index (χ0) is 21.7. The first-order valence-corrected chi connectivity index (χ1v) is 11.6. The van der Waals surface area contributed by atoms with Crippen LogP contribution in [0.4, 0.5) is 20.6 Å². The minimum atomic E-state index is -3.51. The molecule has 3 rings (SSSR count). The zero-order valence-corrected chi connectivity index (χ0v) is 18.3. The largest absolute Gasteiger partial charge is 0.369 e. The molecule has 2 aromatic carbocycles. The molecule has 1 fully saturated rings. The van der Waals surface area contributed by atoms with Crippen molar-refractivity contribution in [2.45, 2.75) is 0 Å². The van der Waals surface area contributed by atoms with Crippen LogP contribution in [0, 0.1) is 5.82 Å². The van der Waals surface area contributed by atoms with Gasteiger partial charge in [0.25, 0.3) is 0 Å². The summed E-state index contributed by atoms with van der Waals surface area (Å²) < 4.78 is 39.6. The number of rotatable bonds is 6. The fraction of sp³-hybridized carbons (Fsp3) is 0.316. The summed E-state index contributed by atoms with van der Waals surface area (Å²) in [6, 6.07) is 10.2. The van der Waals surface area contributed by atoms with Crippen molar-refractivity contribution in [1.82, 2.24) is 9.62 Å². The van der Waals surface area contributed by atoms with Crippen LogP contribution in [0.15, 0.2) is 42.5 Å². The van der Waals surface area contributed by atoms with Gasteiger partial charge in [0.15, 0.2) is 0 Å². The number of urea groups is 1. The minimum Gasteiger partial charge on any atom is -0.369 e. The first kappa shape index (κ1) is 22.6. The standard InChI is InChI=1S/C19H21Cl2FN4O3S/c20-17-6-3-15(13-18(17)21)24-19(27)23-7-12-30(28,29)26-10-8-25(9-11-26)16-4-1-14(22)2-5-16/h1-6,13H,7-12H2,(H2,23,24,27). The lowest BCUT2D eigenvalue weighted by Gasteiger charge is -2.35. The summed E-state index contributed by atoms with van der Waals surface area (Å²) in [5.74, 6) is -0.520. The first-order chi connectivity index (χ1) is 14.2. The van der Waals surface area contributed by atoms with Gasteiger partial charge in [-0.05, 0) is 42.5 Å². The number of carbonyl (C=O) groups is 1. The molecule has 0 saturated carbocycles. The average Bonchev–Trinajstić information content (AvgIpc) is 2.71. The van der Waals surface area contributed by atoms with Crippen LogP contribution in [0.5, 0.6) is 0 Å². The Morgan fingerprint density at radius 3 is 2.30 bits per heavy atom. The molecule has 2 aromatic rings. The highest BCUT2D eigenvalue weighted by Gasteiger charge is 2.26. The summed E-state index contributed by atoms with van der Waals surface area (Å²) in [7, 11) is -3.51. The van der Waals surface area contributed by atoms with E-state index in [0.29, 0.717) is 41.9 Å². The van der Waals surface area contributed by atoms with E-state index in [0.717, 1.165) is 5.69 Å². The van der Waals surface area contributed by atoms with Gasteiger partial charge in [0.05, 0.1) is 15.8 Å². The van der Waals surface area contributed by atoms with Crippen LogP contribution in [0.3, 0.4) is 0 Å². The molecule has 0 spiro atoms. The molecule has 11 heteroatoms. The first-order valence-electron chi connectivity index (χ1n) is 9.23. The molecule has 0 bridgehead atoms. The Morgan fingerprint density at radius 1 is 1.00 bits per heavy atom. The third-order valence-electron chi connectivity index (χ3n) is 4.65. The highest BCUT2D eigenvalue weighted by Crippen LogP contribution is 2.25. The summed E-state index contributed by atoms with van der Waals surface area (Å²) in [5, 5.41) is 5.76. The average molecular weight is 475 g/mol. The lowest BCUT2D eigenvalue weighted by Crippen LogP contribution is -2.50. The number of hydrogen-bond donors (Lipinski definition) is 2. The fourth-order valence-corrected chi connectivity index (χ4v) is 4.68. The maximum atomic E-state index is 13.1. The van der Waals surface area contributed by atoms with Gasteiger partial charge in [-0.2, -0.15) is 4.31 Å². The lowest BCUT2D eigenvalue weighted by molar-refractivity contribution is 0.252. The SMILES string of the molecule is O=C(NCCS(=O)(=O)N1CCN(c2ccc(F)cc2)CC1)Nc1ccc(Cl)c(Cl)c1. The highest BCUT2D eigenvalue weighted by molar-refractivity contribution is 7.89. The third-order valence-corrected chi connectivity index (χ3v) is 7.26. The molecule has 2 N–H and O–H groups in total. The number of amides is 2. The Hall–Kier alpha value is -2.07. The van der Waals surface area contributed by atoms with Gasteiger partial charge in [-0.25, -0.2) is 17.6 Å². The maximum absolute atomic E-state index is 13.1. The quantitative estimate of drug-likeness (QED) is 0.671. The van der Waals surface area contributed by atoms with Crippen LogP contribution in [0.25, 0.3) is 0 Å². The second kappa shape index (κ2) is 9.82. The topological polar surface area (TPSA) is 81.8 Å². The van der Waals surface area contributed by atoms with E-state index in [2.05, 4.69) is 10.6 Å². The maximum Gasteiger partial charge on any atom is 0.319 e. The van der Waals surface area contributed by atoms with E-state index in [1.54, 1.807) is 24.3 Å². The van der Waals surface area contributed by atoms with Crippen LogP contribution in [-0.4, -0.2) is 57.2 Å². The molecule has 1 aliphatic heterocycles. The van der Waals surface area contributed by atoms with E-state index < -0.39 is 16.1 Å². The molecule has 0 aromatic heterocycles. The molecule has 0 aliphatic carbocycles. The number of nitrogens with zero attached hydrogens (tertiary/aromatic N) is 2. The van der Waals surface area contributed by atoms with Crippen LogP contribution in [0.2, 0.25) is 10.0 Å². The Labute approximate surface area is 184 Å². The van der Waals surface area contributed by atoms with Crippen LogP contribution < -0.4 is 15.5 Å². The second-order valence-corrected chi connectivity index (χ2v) is 9.59. The van der Waals surface area contributed by atoms with Crippen molar-refractivity contribution in [2.24, 2.45) is 0 Å². The normalized spacial score (nSPS) is 15.1. The molecule has 1 aliphatic rings. The van der Waals surface area contributed by atoms with Gasteiger partial charge in [0, 0.05) is 44.1 Å². The number of hydrogen-bond acceptors (Lipinski definition) is 4. The van der Waals surface area contributed by atoms with Crippen molar-refractivity contribution in [2.75, 3.05) is 48.7 Å². The summed E-state index contributed by atoms with van der Waals surface area (Å²) in [6.07, 6.45) is 0. The van der Waals surface area contributed by atoms with Gasteiger partial charge in [-0.1, -0.05) is 23.2 Å². The number of anilines is 2. The summed E-state index contributed by atoms with van der Waals surface area (Å²) >= 11 is 11.7. The van der Waals surface area contributed by atoms with Crippen molar-refractivity contribution in [3.8, 4) is 0 Å². The van der Waals surface area contributed by atoms with E-state index in [1.807, 2.05) is 4.90 Å². The minimum absolute atomic E-state index is 0.0341. The number of nitrogens with one attached hydrogen (secondary N) is 2. The van der Waals surface area contributed by atoms with Gasteiger partial charge in [-0.15, -0.1) is 0 Å². The summed E-state index contributed by atoms with van der Waals surface area (Å²) in [6.45, 7) is 1.64. The Kier molecular flexibility index (Phi) is 7.41. The molecule has 1 saturated heterocycles. The highest BCUT2D eigenvalue weighted by atomic mass is 35.5. The molecule has 0 radical (unpaired) electrons. The number of sulfonamides is 1. The van der Waals surface area contributed by atoms with Crippen LogP contribution in [0.1, 0.15) is 0 Å². The van der Waals surface area contributed by atoms with Gasteiger partial charge < -0.3 is 15.5 Å². The number of piperazine rings is 1. The van der Waals surface area contributed by atoms with Crippen LogP contribution >= 0.6 is 23.2 Å². The van der Waals surface area contributed by atoms with Gasteiger partial charge >= 0.3 is 6.03 Å². The molecule has 30 heavy (non-hydrogen) atoms. The number of benzene rings is 2. The van der Waals surface area contributed by atoms with Crippen molar-refractivity contribution in [3.63, 3.8) is 0 Å². The predicted molar refractivity (Wildman–Crippen MR) is 117 cm³/mol. The molecular formula is C19H21Cl2FN4O3S. The Bertz CT molecular complexity index is 997.